The molecule has 2 bridgehead atoms. The van der Waals surface area contributed by atoms with Gasteiger partial charge in [-0.05, 0) is 30.1 Å². The fourth-order valence-electron chi connectivity index (χ4n) is 5.25. The minimum absolute atomic E-state index is 0.000875. The molecule has 2 aromatic rings. The number of amides is 1. The Labute approximate surface area is 231 Å². The third-order valence-electron chi connectivity index (χ3n) is 7.07. The molecule has 4 rings (SSSR count). The van der Waals surface area contributed by atoms with Gasteiger partial charge in [-0.15, -0.1) is 0 Å². The molecule has 0 aliphatic carbocycles. The first-order chi connectivity index (χ1) is 19.1. The Morgan fingerprint density at radius 3 is 2.58 bits per heavy atom. The zero-order valence-corrected chi connectivity index (χ0v) is 22.6. The summed E-state index contributed by atoms with van der Waals surface area (Å²) in [4.78, 5) is 72.5. The number of aromatic nitrogens is 2. The maximum Gasteiger partial charge on any atom is 0.576 e. The Kier molecular flexibility index (Phi) is 8.62. The monoisotopic (exact) mass is 553 g/mol. The fourth-order valence-corrected chi connectivity index (χ4v) is 5.25. The van der Waals surface area contributed by atoms with Gasteiger partial charge >= 0.3 is 18.7 Å². The number of Topliss-reactive ketones (excluding diaryl/α,β-unsaturated/α-hetero) is 1. The SMILES string of the molecule is COC(=O)C[C@]12CC(=O)O[B-]([C@@H](CC(=O)[C@H](Cc3ccccc3)NC(=O)c3cnccn3)CC(C)C)(O1)[OH+]C2=O. The van der Waals surface area contributed by atoms with E-state index in [4.69, 9.17) is 14.0 Å². The summed E-state index contributed by atoms with van der Waals surface area (Å²) >= 11 is 0. The highest BCUT2D eigenvalue weighted by molar-refractivity contribution is 6.67. The van der Waals surface area contributed by atoms with E-state index < -0.39 is 60.9 Å². The van der Waals surface area contributed by atoms with Crippen LogP contribution in [-0.4, -0.2) is 69.7 Å². The third-order valence-corrected chi connectivity index (χ3v) is 7.07. The maximum absolute atomic E-state index is 13.9. The van der Waals surface area contributed by atoms with Gasteiger partial charge in [-0.3, -0.25) is 24.2 Å². The number of aliphatic carboxylic acids is 1. The van der Waals surface area contributed by atoms with Gasteiger partial charge in [0.15, 0.2) is 5.78 Å². The van der Waals surface area contributed by atoms with Crippen LogP contribution in [0.15, 0.2) is 48.9 Å². The van der Waals surface area contributed by atoms with E-state index in [1.165, 1.54) is 18.6 Å². The molecular weight excluding hydrogens is 521 g/mol. The number of nitrogens with zero attached hydrogens (tertiary/aromatic N) is 2. The van der Waals surface area contributed by atoms with E-state index in [1.54, 1.807) is 0 Å². The van der Waals surface area contributed by atoms with Crippen LogP contribution in [0.5, 0.6) is 0 Å². The summed E-state index contributed by atoms with van der Waals surface area (Å²) in [6, 6.07) is 8.18. The molecule has 3 heterocycles. The topological polar surface area (TPSA) is 164 Å². The van der Waals surface area contributed by atoms with Crippen molar-refractivity contribution in [3.63, 3.8) is 0 Å². The average Bonchev–Trinajstić information content (AvgIpc) is 3.13. The number of rotatable bonds is 12. The van der Waals surface area contributed by atoms with Gasteiger partial charge in [0, 0.05) is 17.2 Å². The highest BCUT2D eigenvalue weighted by atomic mass is 16.8. The van der Waals surface area contributed by atoms with Crippen molar-refractivity contribution in [3.8, 4) is 0 Å². The van der Waals surface area contributed by atoms with Crippen LogP contribution in [0.2, 0.25) is 5.82 Å². The van der Waals surface area contributed by atoms with E-state index in [0.29, 0.717) is 6.42 Å². The lowest BCUT2D eigenvalue weighted by Crippen LogP contribution is -2.57. The van der Waals surface area contributed by atoms with Crippen LogP contribution in [0.3, 0.4) is 0 Å². The van der Waals surface area contributed by atoms with E-state index in [2.05, 4.69) is 19.9 Å². The van der Waals surface area contributed by atoms with Crippen LogP contribution in [-0.2, 0) is 39.6 Å². The molecule has 12 nitrogen and oxygen atoms in total. The standard InChI is InChI=1S/C27H32BN3O9/c1-17(2)11-19(28-38-24(34)15-27(40-28,26(36)39-28)14-23(33)37-3)13-22(32)20(12-18-7-5-4-6-8-18)31-25(35)21-16-29-9-10-30-21/h4-10,16-17,19-20,39H,11-15H2,1-3H3,(H,31,35)/t19-,20+,27-,28?/m1/s1. The maximum atomic E-state index is 13.9. The first-order valence-corrected chi connectivity index (χ1v) is 13.1. The molecule has 2 aliphatic rings. The molecule has 2 aliphatic heterocycles. The molecule has 0 saturated carbocycles. The number of methoxy groups -OCH3 is 1. The van der Waals surface area contributed by atoms with Gasteiger partial charge in [0.1, 0.15) is 5.69 Å². The summed E-state index contributed by atoms with van der Waals surface area (Å²) in [5.41, 5.74) is -0.976. The van der Waals surface area contributed by atoms with Gasteiger partial charge in [-0.25, -0.2) is 4.98 Å². The van der Waals surface area contributed by atoms with Crippen molar-refractivity contribution in [2.75, 3.05) is 7.11 Å². The van der Waals surface area contributed by atoms with Crippen molar-refractivity contribution in [1.82, 2.24) is 15.3 Å². The lowest BCUT2D eigenvalue weighted by atomic mass is 9.57. The van der Waals surface area contributed by atoms with Gasteiger partial charge < -0.3 is 24.0 Å². The summed E-state index contributed by atoms with van der Waals surface area (Å²) in [6.45, 7) is 0.875. The van der Waals surface area contributed by atoms with Gasteiger partial charge in [-0.1, -0.05) is 50.6 Å². The second-order valence-electron chi connectivity index (χ2n) is 10.6. The van der Waals surface area contributed by atoms with Gasteiger partial charge in [0.25, 0.3) is 11.9 Å². The van der Waals surface area contributed by atoms with E-state index in [9.17, 15) is 24.0 Å². The average molecular weight is 553 g/mol. The molecule has 2 N–H and O–H groups in total. The normalized spacial score (nSPS) is 23.1. The number of carboxylic acids is 1. The Bertz CT molecular complexity index is 1280. The van der Waals surface area contributed by atoms with Crippen LogP contribution >= 0.6 is 0 Å². The zero-order chi connectivity index (χ0) is 28.9. The van der Waals surface area contributed by atoms with Crippen molar-refractivity contribution in [2.24, 2.45) is 5.92 Å². The minimum Gasteiger partial charge on any atom is -0.716 e. The minimum atomic E-state index is -2.94. The first kappa shape index (κ1) is 28.9. The van der Waals surface area contributed by atoms with E-state index in [-0.39, 0.29) is 30.2 Å². The Balaban J connectivity index is 1.62. The number of fused-ring (bicyclic) bond motifs is 2. The molecular formula is C27H32BN3O9. The number of ether oxygens (including phenoxy) is 1. The van der Waals surface area contributed by atoms with E-state index >= 15 is 0 Å². The summed E-state index contributed by atoms with van der Waals surface area (Å²) in [5.74, 6) is -4.04. The molecule has 4 atom stereocenters. The largest absolute Gasteiger partial charge is 0.716 e. The quantitative estimate of drug-likeness (QED) is 0.231. The summed E-state index contributed by atoms with van der Waals surface area (Å²) < 4.78 is 20.5. The van der Waals surface area contributed by atoms with Crippen molar-refractivity contribution < 1.29 is 42.7 Å². The molecule has 2 saturated heterocycles. The number of carbonyl (C=O) groups is 5. The molecule has 1 unspecified atom stereocenters. The Morgan fingerprint density at radius 2 is 1.93 bits per heavy atom. The molecule has 0 spiro atoms. The molecule has 2 fully saturated rings. The lowest BCUT2D eigenvalue weighted by molar-refractivity contribution is -0.163. The van der Waals surface area contributed by atoms with Crippen LogP contribution < -0.4 is 5.32 Å². The van der Waals surface area contributed by atoms with Gasteiger partial charge in [0.2, 0.25) is 5.60 Å². The number of esters is 1. The summed E-state index contributed by atoms with van der Waals surface area (Å²) in [5, 5.41) is 2.75. The van der Waals surface area contributed by atoms with Crippen LogP contribution in [0.4, 0.5) is 0 Å². The second kappa shape index (κ2) is 11.9. The Morgan fingerprint density at radius 1 is 1.18 bits per heavy atom. The number of hydrogen-bond acceptors (Lipinski definition) is 10. The zero-order valence-electron chi connectivity index (χ0n) is 22.6. The molecule has 13 heteroatoms. The fraction of sp³-hybridized carbons (Fsp3) is 0.444. The molecule has 0 radical (unpaired) electrons. The summed E-state index contributed by atoms with van der Waals surface area (Å²) in [6.07, 6.45) is 3.40. The first-order valence-electron chi connectivity index (χ1n) is 13.1. The van der Waals surface area contributed by atoms with Crippen LogP contribution in [0.1, 0.15) is 55.6 Å². The highest BCUT2D eigenvalue weighted by Gasteiger charge is 2.69. The Hall–Kier alpha value is -4.13. The third kappa shape index (κ3) is 6.36. The summed E-state index contributed by atoms with van der Waals surface area (Å²) in [7, 11) is 1.16. The van der Waals surface area contributed by atoms with Crippen molar-refractivity contribution >= 4 is 36.4 Å². The highest BCUT2D eigenvalue weighted by Crippen LogP contribution is 2.47. The van der Waals surface area contributed by atoms with Gasteiger partial charge in [0.05, 0.1) is 32.2 Å². The van der Waals surface area contributed by atoms with Gasteiger partial charge in [-0.2, -0.15) is 0 Å². The molecule has 1 aromatic heterocycles. The van der Waals surface area contributed by atoms with Crippen LogP contribution in [0, 0.1) is 5.92 Å². The number of carbonyl (C=O) groups excluding carboxylic acids is 4. The van der Waals surface area contributed by atoms with Crippen molar-refractivity contribution in [3.05, 3.63) is 60.2 Å². The smallest absolute Gasteiger partial charge is 0.576 e. The predicted molar refractivity (Wildman–Crippen MR) is 140 cm³/mol. The van der Waals surface area contributed by atoms with E-state index in [0.717, 1.165) is 12.7 Å². The number of ketones is 1. The number of hydrogen-bond donors (Lipinski definition) is 1. The van der Waals surface area contributed by atoms with Crippen molar-refractivity contribution in [1.29, 1.82) is 0 Å². The lowest BCUT2D eigenvalue weighted by Gasteiger charge is -2.43. The molecule has 212 valence electrons. The predicted octanol–water partition coefficient (Wildman–Crippen LogP) is 1.47. The second-order valence-corrected chi connectivity index (χ2v) is 10.6. The molecule has 1 amide bonds. The van der Waals surface area contributed by atoms with Crippen molar-refractivity contribution in [2.45, 2.75) is 63.4 Å². The van der Waals surface area contributed by atoms with Crippen LogP contribution in [0.25, 0.3) is 0 Å². The van der Waals surface area contributed by atoms with E-state index in [1.807, 2.05) is 44.2 Å². The molecule has 40 heavy (non-hydrogen) atoms. The number of benzene rings is 1. The number of nitrogens with one attached hydrogen (secondary N) is 1. The molecule has 1 aromatic carbocycles.